The monoisotopic (exact) mass is 381 g/mol. The van der Waals surface area contributed by atoms with Crippen molar-refractivity contribution in [1.82, 2.24) is 5.32 Å². The lowest BCUT2D eigenvalue weighted by molar-refractivity contribution is -0.917. The third-order valence-electron chi connectivity index (χ3n) is 5.24. The van der Waals surface area contributed by atoms with Gasteiger partial charge in [-0.2, -0.15) is 0 Å². The van der Waals surface area contributed by atoms with Crippen LogP contribution in [0, 0.1) is 0 Å². The molecular weight excluding hydrogens is 352 g/mol. The number of ketones is 1. The molecule has 3 rings (SSSR count). The van der Waals surface area contributed by atoms with Gasteiger partial charge in [-0.05, 0) is 43.2 Å². The summed E-state index contributed by atoms with van der Waals surface area (Å²) in [5.74, 6) is 0.756. The average molecular weight is 381 g/mol. The largest absolute Gasteiger partial charge is 0.497 e. The molecule has 1 fully saturated rings. The lowest BCUT2D eigenvalue weighted by Crippen LogP contribution is -3.13. The molecule has 1 saturated carbocycles. The summed E-state index contributed by atoms with van der Waals surface area (Å²) in [5, 5.41) is 2.95. The molecular formula is C23H29N2O3+. The van der Waals surface area contributed by atoms with Crippen molar-refractivity contribution in [2.45, 2.75) is 44.8 Å². The molecule has 28 heavy (non-hydrogen) atoms. The van der Waals surface area contributed by atoms with E-state index in [-0.39, 0.29) is 11.7 Å². The van der Waals surface area contributed by atoms with Crippen LogP contribution in [0.25, 0.3) is 0 Å². The van der Waals surface area contributed by atoms with Crippen molar-refractivity contribution in [2.24, 2.45) is 0 Å². The Bertz CT molecular complexity index is 785. The van der Waals surface area contributed by atoms with E-state index in [0.717, 1.165) is 30.7 Å². The molecule has 2 aromatic carbocycles. The second kappa shape index (κ2) is 9.51. The normalized spacial score (nSPS) is 15.5. The highest BCUT2D eigenvalue weighted by Crippen LogP contribution is 2.16. The fourth-order valence-electron chi connectivity index (χ4n) is 3.45. The van der Waals surface area contributed by atoms with Crippen molar-refractivity contribution in [3.05, 3.63) is 65.7 Å². The van der Waals surface area contributed by atoms with E-state index in [2.05, 4.69) is 5.32 Å². The summed E-state index contributed by atoms with van der Waals surface area (Å²) in [6.45, 7) is 2.72. The maximum atomic E-state index is 12.7. The number of Topliss-reactive ketones (excluding diaryl/α,β-unsaturated/α-hetero) is 1. The number of ether oxygens (including phenoxy) is 1. The molecule has 0 spiro atoms. The molecule has 0 aromatic heterocycles. The van der Waals surface area contributed by atoms with Gasteiger partial charge >= 0.3 is 0 Å². The van der Waals surface area contributed by atoms with Crippen molar-refractivity contribution in [2.75, 3.05) is 13.7 Å². The average Bonchev–Trinajstić information content (AvgIpc) is 3.53. The van der Waals surface area contributed by atoms with Crippen molar-refractivity contribution in [3.63, 3.8) is 0 Å². The van der Waals surface area contributed by atoms with Gasteiger partial charge in [0.15, 0.2) is 12.3 Å². The third kappa shape index (κ3) is 5.92. The van der Waals surface area contributed by atoms with Gasteiger partial charge in [0.25, 0.3) is 5.91 Å². The molecule has 1 unspecified atom stereocenters. The van der Waals surface area contributed by atoms with Crippen LogP contribution in [0.3, 0.4) is 0 Å². The molecule has 0 aliphatic heterocycles. The highest BCUT2D eigenvalue weighted by atomic mass is 16.5. The predicted molar refractivity (Wildman–Crippen MR) is 108 cm³/mol. The van der Waals surface area contributed by atoms with Gasteiger partial charge in [-0.25, -0.2) is 0 Å². The number of carbonyl (C=O) groups is 2. The first-order valence-electron chi connectivity index (χ1n) is 9.86. The number of carbonyl (C=O) groups excluding carboxylic acids is 2. The number of quaternary nitrogens is 1. The zero-order valence-corrected chi connectivity index (χ0v) is 16.6. The minimum absolute atomic E-state index is 0.0136. The molecule has 5 nitrogen and oxygen atoms in total. The van der Waals surface area contributed by atoms with Gasteiger partial charge in [0.1, 0.15) is 12.3 Å². The Hall–Kier alpha value is -2.66. The van der Waals surface area contributed by atoms with E-state index in [4.69, 9.17) is 4.74 Å². The smallest absolute Gasteiger partial charge is 0.275 e. The summed E-state index contributed by atoms with van der Waals surface area (Å²) in [6, 6.07) is 17.8. The molecule has 0 bridgehead atoms. The third-order valence-corrected chi connectivity index (χ3v) is 5.24. The van der Waals surface area contributed by atoms with Gasteiger partial charge in [0.05, 0.1) is 19.2 Å². The van der Waals surface area contributed by atoms with E-state index >= 15 is 0 Å². The fraction of sp³-hybridized carbons (Fsp3) is 0.391. The Kier molecular flexibility index (Phi) is 6.82. The van der Waals surface area contributed by atoms with E-state index in [1.165, 1.54) is 17.4 Å². The minimum atomic E-state index is -0.476. The summed E-state index contributed by atoms with van der Waals surface area (Å²) in [7, 11) is 1.65. The van der Waals surface area contributed by atoms with E-state index < -0.39 is 6.04 Å². The van der Waals surface area contributed by atoms with Gasteiger partial charge in [0, 0.05) is 18.4 Å². The number of methoxy groups -OCH3 is 1. The molecule has 2 N–H and O–H groups in total. The van der Waals surface area contributed by atoms with Crippen LogP contribution in [0.15, 0.2) is 54.6 Å². The number of hydrogen-bond acceptors (Lipinski definition) is 3. The Labute approximate surface area is 166 Å². The Balaban J connectivity index is 1.58. The lowest BCUT2D eigenvalue weighted by Gasteiger charge is -2.21. The maximum absolute atomic E-state index is 12.7. The first kappa shape index (κ1) is 20.1. The van der Waals surface area contributed by atoms with Crippen LogP contribution in [0.5, 0.6) is 5.75 Å². The van der Waals surface area contributed by atoms with Crippen LogP contribution < -0.4 is 15.0 Å². The van der Waals surface area contributed by atoms with Gasteiger partial charge in [-0.15, -0.1) is 0 Å². The zero-order valence-electron chi connectivity index (χ0n) is 16.6. The zero-order chi connectivity index (χ0) is 19.9. The predicted octanol–water partition coefficient (Wildman–Crippen LogP) is 1.56. The van der Waals surface area contributed by atoms with Crippen molar-refractivity contribution in [1.29, 1.82) is 0 Å². The Morgan fingerprint density at radius 2 is 1.75 bits per heavy atom. The Morgan fingerprint density at radius 1 is 1.07 bits per heavy atom. The van der Waals surface area contributed by atoms with E-state index in [0.29, 0.717) is 19.0 Å². The highest BCUT2D eigenvalue weighted by molar-refractivity contribution is 5.88. The topological polar surface area (TPSA) is 59.8 Å². The number of nitrogens with one attached hydrogen (secondary N) is 2. The highest BCUT2D eigenvalue weighted by Gasteiger charge is 2.35. The second-order valence-corrected chi connectivity index (χ2v) is 7.55. The van der Waals surface area contributed by atoms with Crippen LogP contribution in [0.2, 0.25) is 0 Å². The van der Waals surface area contributed by atoms with Crippen LogP contribution in [0.1, 0.15) is 30.9 Å². The van der Waals surface area contributed by atoms with Gasteiger partial charge in [-0.1, -0.05) is 30.3 Å². The molecule has 0 saturated heterocycles. The molecule has 0 radical (unpaired) electrons. The SMILES string of the molecule is COc1ccc(C[NH+](CC(=O)N[C@@H](Cc2ccccc2)C(C)=O)C2CC2)cc1. The van der Waals surface area contributed by atoms with Crippen molar-refractivity contribution < 1.29 is 19.2 Å². The summed E-state index contributed by atoms with van der Waals surface area (Å²) in [4.78, 5) is 26.0. The summed E-state index contributed by atoms with van der Waals surface area (Å²) in [6.07, 6.45) is 2.83. The quantitative estimate of drug-likeness (QED) is 0.657. The summed E-state index contributed by atoms with van der Waals surface area (Å²) < 4.78 is 5.21. The standard InChI is InChI=1S/C23H28N2O3/c1-17(26)22(14-18-6-4-3-5-7-18)24-23(27)16-25(20-10-11-20)15-19-8-12-21(28-2)13-9-19/h3-9,12-13,20,22H,10-11,14-16H2,1-2H3,(H,24,27)/p+1/t22-/m0/s1. The van der Waals surface area contributed by atoms with Crippen molar-refractivity contribution in [3.8, 4) is 5.75 Å². The van der Waals surface area contributed by atoms with Crippen LogP contribution in [0.4, 0.5) is 0 Å². The van der Waals surface area contributed by atoms with Crippen LogP contribution in [-0.2, 0) is 22.6 Å². The molecule has 1 amide bonds. The molecule has 2 aromatic rings. The van der Waals surface area contributed by atoms with E-state index in [1.54, 1.807) is 7.11 Å². The molecule has 2 atom stereocenters. The molecule has 148 valence electrons. The first-order valence-corrected chi connectivity index (χ1v) is 9.86. The van der Waals surface area contributed by atoms with Gasteiger partial charge in [0.2, 0.25) is 0 Å². The lowest BCUT2D eigenvalue weighted by atomic mass is 10.0. The van der Waals surface area contributed by atoms with Gasteiger partial charge in [-0.3, -0.25) is 9.59 Å². The Morgan fingerprint density at radius 3 is 2.32 bits per heavy atom. The summed E-state index contributed by atoms with van der Waals surface area (Å²) in [5.41, 5.74) is 2.23. The molecule has 0 heterocycles. The second-order valence-electron chi connectivity index (χ2n) is 7.55. The van der Waals surface area contributed by atoms with Crippen LogP contribution >= 0.6 is 0 Å². The fourth-order valence-corrected chi connectivity index (χ4v) is 3.45. The first-order chi connectivity index (χ1) is 13.5. The number of hydrogen-bond donors (Lipinski definition) is 2. The van der Waals surface area contributed by atoms with E-state index in [1.807, 2.05) is 54.6 Å². The molecule has 5 heteroatoms. The number of amides is 1. The minimum Gasteiger partial charge on any atom is -0.497 e. The summed E-state index contributed by atoms with van der Waals surface area (Å²) >= 11 is 0. The maximum Gasteiger partial charge on any atom is 0.275 e. The number of rotatable bonds is 10. The van der Waals surface area contributed by atoms with Crippen molar-refractivity contribution >= 4 is 11.7 Å². The van der Waals surface area contributed by atoms with E-state index in [9.17, 15) is 9.59 Å². The van der Waals surface area contributed by atoms with Gasteiger partial charge < -0.3 is 15.0 Å². The molecule has 1 aliphatic rings. The van der Waals surface area contributed by atoms with Crippen LogP contribution in [-0.4, -0.2) is 37.4 Å². The number of benzene rings is 2. The molecule has 1 aliphatic carbocycles.